The summed E-state index contributed by atoms with van der Waals surface area (Å²) in [5, 5.41) is 3.24. The third-order valence-electron chi connectivity index (χ3n) is 4.16. The van der Waals surface area contributed by atoms with Crippen LogP contribution in [0.2, 0.25) is 0 Å². The van der Waals surface area contributed by atoms with Crippen LogP contribution in [0, 0.1) is 6.92 Å². The first-order valence-corrected chi connectivity index (χ1v) is 10.2. The average molecular weight is 350 g/mol. The van der Waals surface area contributed by atoms with Gasteiger partial charge in [0, 0.05) is 48.2 Å². The maximum Gasteiger partial charge on any atom is 0.185 e. The molecular weight excluding hydrogens is 326 g/mol. The van der Waals surface area contributed by atoms with Gasteiger partial charge in [-0.3, -0.25) is 9.11 Å². The molecule has 0 spiro atoms. The molecule has 1 aliphatic heterocycles. The summed E-state index contributed by atoms with van der Waals surface area (Å²) in [4.78, 5) is 10.3. The van der Waals surface area contributed by atoms with Crippen molar-refractivity contribution in [3.63, 3.8) is 0 Å². The molecule has 2 heterocycles. The number of hydrogen-bond donors (Lipinski definition) is 0. The highest BCUT2D eigenvalue weighted by Crippen LogP contribution is 2.24. The van der Waals surface area contributed by atoms with E-state index in [4.69, 9.17) is 0 Å². The maximum absolute atomic E-state index is 12.3. The number of hydrogen-bond acceptors (Lipinski definition) is 5. The van der Waals surface area contributed by atoms with Crippen LogP contribution in [-0.4, -0.2) is 52.1 Å². The lowest BCUT2D eigenvalue weighted by molar-refractivity contribution is 0.241. The molecule has 1 saturated heterocycles. The second-order valence-electron chi connectivity index (χ2n) is 5.98. The minimum atomic E-state index is -0.903. The number of aromatic nitrogens is 1. The first kappa shape index (κ1) is 16.6. The third-order valence-corrected chi connectivity index (χ3v) is 6.51. The lowest BCUT2D eigenvalue weighted by atomic mass is 10.2. The van der Waals surface area contributed by atoms with E-state index < -0.39 is 10.8 Å². The molecule has 0 saturated carbocycles. The molecule has 124 valence electrons. The average Bonchev–Trinajstić information content (AvgIpc) is 2.99. The van der Waals surface area contributed by atoms with Gasteiger partial charge in [-0.2, -0.15) is 0 Å². The summed E-state index contributed by atoms with van der Waals surface area (Å²) < 4.78 is 12.3. The minimum Gasteiger partial charge on any atom is -0.343 e. The predicted molar refractivity (Wildman–Crippen MR) is 97.8 cm³/mol. The molecule has 2 aromatic rings. The second-order valence-corrected chi connectivity index (χ2v) is 8.38. The van der Waals surface area contributed by atoms with E-state index in [-0.39, 0.29) is 0 Å². The van der Waals surface area contributed by atoms with E-state index in [9.17, 15) is 4.21 Å². The molecule has 0 N–H and O–H groups in total. The fourth-order valence-corrected chi connectivity index (χ4v) is 4.95. The first-order valence-electron chi connectivity index (χ1n) is 7.98. The van der Waals surface area contributed by atoms with Crippen LogP contribution in [0.4, 0.5) is 5.13 Å². The number of nitrogens with zero attached hydrogens (tertiary/aromatic N) is 3. The molecule has 3 rings (SSSR count). The van der Waals surface area contributed by atoms with Gasteiger partial charge in [0.2, 0.25) is 0 Å². The third kappa shape index (κ3) is 4.19. The Morgan fingerprint density at radius 1 is 1.30 bits per heavy atom. The molecule has 1 aromatic heterocycles. The van der Waals surface area contributed by atoms with Crippen LogP contribution in [-0.2, 0) is 10.8 Å². The van der Waals surface area contributed by atoms with Gasteiger partial charge >= 0.3 is 0 Å². The quantitative estimate of drug-likeness (QED) is 0.832. The Balaban J connectivity index is 1.51. The van der Waals surface area contributed by atoms with Crippen molar-refractivity contribution in [2.45, 2.75) is 24.8 Å². The zero-order valence-corrected chi connectivity index (χ0v) is 15.3. The van der Waals surface area contributed by atoms with Crippen molar-refractivity contribution >= 4 is 27.3 Å². The fourth-order valence-electron chi connectivity index (χ4n) is 2.90. The summed E-state index contributed by atoms with van der Waals surface area (Å²) in [7, 11) is -0.903. The van der Waals surface area contributed by atoms with Gasteiger partial charge in [-0.25, -0.2) is 4.98 Å². The van der Waals surface area contributed by atoms with Gasteiger partial charge in [0.15, 0.2) is 5.13 Å². The molecule has 0 radical (unpaired) electrons. The lowest BCUT2D eigenvalue weighted by Crippen LogP contribution is -2.52. The summed E-state index contributed by atoms with van der Waals surface area (Å²) in [6.45, 7) is 8.18. The predicted octanol–water partition coefficient (Wildman–Crippen LogP) is 2.77. The highest BCUT2D eigenvalue weighted by molar-refractivity contribution is 7.85. The number of benzene rings is 1. The summed E-state index contributed by atoms with van der Waals surface area (Å²) in [6.07, 6.45) is 0. The normalized spacial score (nSPS) is 20.6. The topological polar surface area (TPSA) is 36.4 Å². The molecule has 0 amide bonds. The van der Waals surface area contributed by atoms with Crippen molar-refractivity contribution in [3.05, 3.63) is 41.4 Å². The zero-order valence-electron chi connectivity index (χ0n) is 13.6. The van der Waals surface area contributed by atoms with Gasteiger partial charge < -0.3 is 4.90 Å². The Labute approximate surface area is 144 Å². The Morgan fingerprint density at radius 3 is 2.74 bits per heavy atom. The molecule has 6 heteroatoms. The second kappa shape index (κ2) is 7.55. The van der Waals surface area contributed by atoms with E-state index in [0.29, 0.717) is 11.8 Å². The summed E-state index contributed by atoms with van der Waals surface area (Å²) in [6, 6.07) is 10.2. The van der Waals surface area contributed by atoms with E-state index in [1.807, 2.05) is 37.3 Å². The van der Waals surface area contributed by atoms with E-state index in [1.165, 1.54) is 0 Å². The van der Waals surface area contributed by atoms with Gasteiger partial charge in [0.1, 0.15) is 0 Å². The lowest BCUT2D eigenvalue weighted by Gasteiger charge is -2.39. The van der Waals surface area contributed by atoms with Crippen molar-refractivity contribution in [1.29, 1.82) is 0 Å². The molecule has 23 heavy (non-hydrogen) atoms. The van der Waals surface area contributed by atoms with Crippen LogP contribution in [0.5, 0.6) is 0 Å². The largest absolute Gasteiger partial charge is 0.343 e. The summed E-state index contributed by atoms with van der Waals surface area (Å²) in [5.41, 5.74) is 1.10. The van der Waals surface area contributed by atoms with Crippen molar-refractivity contribution in [1.82, 2.24) is 9.88 Å². The van der Waals surface area contributed by atoms with Crippen LogP contribution in [0.15, 0.2) is 40.6 Å². The molecule has 0 bridgehead atoms. The first-order chi connectivity index (χ1) is 11.1. The molecular formula is C17H23N3OS2. The molecule has 1 aromatic carbocycles. The van der Waals surface area contributed by atoms with Crippen LogP contribution in [0.1, 0.15) is 12.6 Å². The summed E-state index contributed by atoms with van der Waals surface area (Å²) in [5.74, 6) is 0.701. The fraction of sp³-hybridized carbons (Fsp3) is 0.471. The van der Waals surface area contributed by atoms with Gasteiger partial charge in [0.25, 0.3) is 0 Å². The van der Waals surface area contributed by atoms with Gasteiger partial charge in [-0.05, 0) is 26.0 Å². The highest BCUT2D eigenvalue weighted by atomic mass is 32.2. The number of thiazole rings is 1. The van der Waals surface area contributed by atoms with Gasteiger partial charge in [-0.1, -0.05) is 18.2 Å². The Kier molecular flexibility index (Phi) is 5.46. The number of anilines is 1. The molecule has 2 atom stereocenters. The van der Waals surface area contributed by atoms with E-state index >= 15 is 0 Å². The SMILES string of the molecule is Cc1csc(N2CCN(CCS(=O)c3ccccc3)CC2C)n1. The van der Waals surface area contributed by atoms with Crippen LogP contribution in [0.3, 0.4) is 0 Å². The van der Waals surface area contributed by atoms with E-state index in [1.54, 1.807) is 11.3 Å². The molecule has 1 aliphatic rings. The van der Waals surface area contributed by atoms with Crippen LogP contribution < -0.4 is 4.90 Å². The summed E-state index contributed by atoms with van der Waals surface area (Å²) >= 11 is 1.72. The highest BCUT2D eigenvalue weighted by Gasteiger charge is 2.25. The van der Waals surface area contributed by atoms with E-state index in [0.717, 1.165) is 41.9 Å². The molecule has 4 nitrogen and oxygen atoms in total. The Morgan fingerprint density at radius 2 is 2.09 bits per heavy atom. The van der Waals surface area contributed by atoms with E-state index in [2.05, 4.69) is 27.1 Å². The number of piperazine rings is 1. The maximum atomic E-state index is 12.3. The van der Waals surface area contributed by atoms with Crippen molar-refractivity contribution in [2.75, 3.05) is 36.8 Å². The van der Waals surface area contributed by atoms with Crippen molar-refractivity contribution < 1.29 is 4.21 Å². The number of aryl methyl sites for hydroxylation is 1. The standard InChI is InChI=1S/C17H23N3OS2/c1-14-13-22-17(18-14)20-9-8-19(12-15(20)2)10-11-23(21)16-6-4-3-5-7-16/h3-7,13,15H,8-12H2,1-2H3. The Hall–Kier alpha value is -1.24. The van der Waals surface area contributed by atoms with Crippen molar-refractivity contribution in [2.24, 2.45) is 0 Å². The zero-order chi connectivity index (χ0) is 16.2. The Bertz CT molecular complexity index is 659. The van der Waals surface area contributed by atoms with Gasteiger partial charge in [-0.15, -0.1) is 11.3 Å². The molecule has 0 aliphatic carbocycles. The monoisotopic (exact) mass is 349 g/mol. The molecule has 2 unspecified atom stereocenters. The van der Waals surface area contributed by atoms with Crippen molar-refractivity contribution in [3.8, 4) is 0 Å². The minimum absolute atomic E-state index is 0.444. The van der Waals surface area contributed by atoms with Crippen LogP contribution in [0.25, 0.3) is 0 Å². The number of rotatable bonds is 5. The molecule has 1 fully saturated rings. The van der Waals surface area contributed by atoms with Gasteiger partial charge in [0.05, 0.1) is 16.5 Å². The smallest absolute Gasteiger partial charge is 0.185 e. The van der Waals surface area contributed by atoms with Crippen LogP contribution >= 0.6 is 11.3 Å².